The third-order valence-electron chi connectivity index (χ3n) is 2.90. The second-order valence-electron chi connectivity index (χ2n) is 4.96. The molecule has 0 saturated carbocycles. The molecular weight excluding hydrogens is 302 g/mol. The fourth-order valence-electron chi connectivity index (χ4n) is 1.99. The molecule has 0 atom stereocenters. The van der Waals surface area contributed by atoms with Crippen LogP contribution in [0, 0.1) is 13.8 Å². The number of benzene rings is 1. The molecular formula is C16H17NO4S. The van der Waals surface area contributed by atoms with Crippen LogP contribution in [0.15, 0.2) is 30.3 Å². The van der Waals surface area contributed by atoms with Gasteiger partial charge in [0, 0.05) is 4.88 Å². The monoisotopic (exact) mass is 319 g/mol. The standard InChI is InChI=1S/C16H17NO4S/c1-10-5-11(2)7-12(6-10)21-9-15(18)17-8-13-3-4-14(22-13)16(19)20/h3-7H,8-9H2,1-2H3,(H,17,18)(H,19,20). The number of thiophene rings is 1. The van der Waals surface area contributed by atoms with Gasteiger partial charge in [-0.3, -0.25) is 4.79 Å². The lowest BCUT2D eigenvalue weighted by molar-refractivity contribution is -0.123. The summed E-state index contributed by atoms with van der Waals surface area (Å²) in [5.41, 5.74) is 2.16. The van der Waals surface area contributed by atoms with Gasteiger partial charge in [-0.15, -0.1) is 11.3 Å². The highest BCUT2D eigenvalue weighted by molar-refractivity contribution is 7.13. The van der Waals surface area contributed by atoms with Crippen LogP contribution in [0.4, 0.5) is 0 Å². The van der Waals surface area contributed by atoms with Crippen molar-refractivity contribution in [3.8, 4) is 5.75 Å². The van der Waals surface area contributed by atoms with E-state index < -0.39 is 5.97 Å². The maximum absolute atomic E-state index is 11.8. The lowest BCUT2D eigenvalue weighted by Gasteiger charge is -2.08. The fraction of sp³-hybridized carbons (Fsp3) is 0.250. The Morgan fingerprint density at radius 3 is 2.45 bits per heavy atom. The Labute approximate surface area is 132 Å². The van der Waals surface area contributed by atoms with E-state index >= 15 is 0 Å². The molecule has 0 radical (unpaired) electrons. The van der Waals surface area contributed by atoms with Crippen molar-refractivity contribution in [2.75, 3.05) is 6.61 Å². The molecule has 2 N–H and O–H groups in total. The molecule has 0 unspecified atom stereocenters. The molecule has 2 aromatic rings. The van der Waals surface area contributed by atoms with E-state index in [9.17, 15) is 9.59 Å². The molecule has 1 aromatic carbocycles. The van der Waals surface area contributed by atoms with Gasteiger partial charge in [0.05, 0.1) is 6.54 Å². The van der Waals surface area contributed by atoms with Crippen molar-refractivity contribution >= 4 is 23.2 Å². The summed E-state index contributed by atoms with van der Waals surface area (Å²) in [5.74, 6) is -0.540. The van der Waals surface area contributed by atoms with E-state index in [1.807, 2.05) is 32.0 Å². The molecule has 5 nitrogen and oxygen atoms in total. The van der Waals surface area contributed by atoms with Gasteiger partial charge in [0.1, 0.15) is 10.6 Å². The number of aromatic carboxylic acids is 1. The van der Waals surface area contributed by atoms with E-state index in [0.717, 1.165) is 27.3 Å². The van der Waals surface area contributed by atoms with Crippen molar-refractivity contribution in [1.29, 1.82) is 0 Å². The van der Waals surface area contributed by atoms with Crippen molar-refractivity contribution in [1.82, 2.24) is 5.32 Å². The number of ether oxygens (including phenoxy) is 1. The van der Waals surface area contributed by atoms with E-state index in [1.54, 1.807) is 6.07 Å². The van der Waals surface area contributed by atoms with Gasteiger partial charge in [0.25, 0.3) is 5.91 Å². The largest absolute Gasteiger partial charge is 0.484 e. The van der Waals surface area contributed by atoms with Crippen molar-refractivity contribution in [3.63, 3.8) is 0 Å². The minimum absolute atomic E-state index is 0.0694. The van der Waals surface area contributed by atoms with Gasteiger partial charge in [-0.2, -0.15) is 0 Å². The van der Waals surface area contributed by atoms with Crippen LogP contribution in [-0.4, -0.2) is 23.6 Å². The van der Waals surface area contributed by atoms with Crippen LogP contribution in [-0.2, 0) is 11.3 Å². The number of aryl methyl sites for hydroxylation is 2. The Balaban J connectivity index is 1.81. The van der Waals surface area contributed by atoms with Gasteiger partial charge in [-0.1, -0.05) is 6.07 Å². The summed E-state index contributed by atoms with van der Waals surface area (Å²) in [6.07, 6.45) is 0. The highest BCUT2D eigenvalue weighted by Crippen LogP contribution is 2.17. The first-order valence-corrected chi connectivity index (χ1v) is 7.55. The van der Waals surface area contributed by atoms with E-state index in [4.69, 9.17) is 9.84 Å². The highest BCUT2D eigenvalue weighted by Gasteiger charge is 2.08. The molecule has 1 heterocycles. The summed E-state index contributed by atoms with van der Waals surface area (Å²) in [7, 11) is 0. The second-order valence-corrected chi connectivity index (χ2v) is 6.13. The molecule has 0 spiro atoms. The smallest absolute Gasteiger partial charge is 0.345 e. The zero-order valence-corrected chi connectivity index (χ0v) is 13.2. The molecule has 0 fully saturated rings. The van der Waals surface area contributed by atoms with Crippen molar-refractivity contribution in [2.24, 2.45) is 0 Å². The van der Waals surface area contributed by atoms with Crippen LogP contribution in [0.2, 0.25) is 0 Å². The molecule has 0 aliphatic rings. The van der Waals surface area contributed by atoms with Gasteiger partial charge in [0.15, 0.2) is 6.61 Å². The molecule has 2 rings (SSSR count). The number of carboxylic acids is 1. The number of hydrogen-bond acceptors (Lipinski definition) is 4. The predicted octanol–water partition coefficient (Wildman–Crippen LogP) is 2.76. The fourth-order valence-corrected chi connectivity index (χ4v) is 2.78. The van der Waals surface area contributed by atoms with Crippen molar-refractivity contribution in [3.05, 3.63) is 51.2 Å². The topological polar surface area (TPSA) is 75.6 Å². The van der Waals surface area contributed by atoms with Crippen LogP contribution in [0.5, 0.6) is 5.75 Å². The Morgan fingerprint density at radius 2 is 1.86 bits per heavy atom. The van der Waals surface area contributed by atoms with E-state index in [0.29, 0.717) is 12.3 Å². The molecule has 1 aromatic heterocycles. The lowest BCUT2D eigenvalue weighted by Crippen LogP contribution is -2.28. The van der Waals surface area contributed by atoms with Crippen LogP contribution in [0.25, 0.3) is 0 Å². The summed E-state index contributed by atoms with van der Waals surface area (Å²) in [4.78, 5) is 23.6. The first-order chi connectivity index (χ1) is 10.4. The number of nitrogens with one attached hydrogen (secondary N) is 1. The van der Waals surface area contributed by atoms with Gasteiger partial charge in [-0.05, 0) is 49.2 Å². The van der Waals surface area contributed by atoms with Gasteiger partial charge >= 0.3 is 5.97 Å². The van der Waals surface area contributed by atoms with Gasteiger partial charge in [0.2, 0.25) is 0 Å². The quantitative estimate of drug-likeness (QED) is 0.858. The minimum Gasteiger partial charge on any atom is -0.484 e. The molecule has 116 valence electrons. The molecule has 0 aliphatic heterocycles. The molecule has 0 aliphatic carbocycles. The Morgan fingerprint density at radius 1 is 1.18 bits per heavy atom. The van der Waals surface area contributed by atoms with Gasteiger partial charge in [-0.25, -0.2) is 4.79 Å². The summed E-state index contributed by atoms with van der Waals surface area (Å²) in [6.45, 7) is 4.17. The first kappa shape index (κ1) is 16.0. The highest BCUT2D eigenvalue weighted by atomic mass is 32.1. The zero-order valence-electron chi connectivity index (χ0n) is 12.4. The summed E-state index contributed by atoms with van der Waals surface area (Å²) in [6, 6.07) is 9.00. The van der Waals surface area contributed by atoms with Crippen molar-refractivity contribution < 1.29 is 19.4 Å². The second kappa shape index (κ2) is 7.09. The molecule has 1 amide bonds. The molecule has 0 bridgehead atoms. The summed E-state index contributed by atoms with van der Waals surface area (Å²) >= 11 is 1.15. The zero-order chi connectivity index (χ0) is 16.1. The molecule has 22 heavy (non-hydrogen) atoms. The third-order valence-corrected chi connectivity index (χ3v) is 3.97. The first-order valence-electron chi connectivity index (χ1n) is 6.74. The predicted molar refractivity (Wildman–Crippen MR) is 84.5 cm³/mol. The van der Waals surface area contributed by atoms with Crippen LogP contribution in [0.1, 0.15) is 25.7 Å². The Bertz CT molecular complexity index is 673. The maximum Gasteiger partial charge on any atom is 0.345 e. The third kappa shape index (κ3) is 4.60. The lowest BCUT2D eigenvalue weighted by atomic mass is 10.1. The summed E-state index contributed by atoms with van der Waals surface area (Å²) < 4.78 is 5.46. The van der Waals surface area contributed by atoms with Crippen LogP contribution in [0.3, 0.4) is 0 Å². The van der Waals surface area contributed by atoms with Crippen LogP contribution >= 0.6 is 11.3 Å². The number of rotatable bonds is 6. The molecule has 6 heteroatoms. The minimum atomic E-state index is -0.958. The van der Waals surface area contributed by atoms with Crippen molar-refractivity contribution in [2.45, 2.75) is 20.4 Å². The Hall–Kier alpha value is -2.34. The normalized spacial score (nSPS) is 10.3. The average molecular weight is 319 g/mol. The number of amides is 1. The molecule has 0 saturated heterocycles. The maximum atomic E-state index is 11.8. The van der Waals surface area contributed by atoms with Gasteiger partial charge < -0.3 is 15.2 Å². The van der Waals surface area contributed by atoms with E-state index in [1.165, 1.54) is 6.07 Å². The SMILES string of the molecule is Cc1cc(C)cc(OCC(=O)NCc2ccc(C(=O)O)s2)c1. The van der Waals surface area contributed by atoms with Crippen LogP contribution < -0.4 is 10.1 Å². The number of carbonyl (C=O) groups excluding carboxylic acids is 1. The number of carbonyl (C=O) groups is 2. The van der Waals surface area contributed by atoms with E-state index in [-0.39, 0.29) is 17.4 Å². The number of carboxylic acid groups (broad SMARTS) is 1. The average Bonchev–Trinajstić information content (AvgIpc) is 2.91. The number of hydrogen-bond donors (Lipinski definition) is 2. The summed E-state index contributed by atoms with van der Waals surface area (Å²) in [5, 5.41) is 11.5. The van der Waals surface area contributed by atoms with E-state index in [2.05, 4.69) is 5.32 Å². The Kier molecular flexibility index (Phi) is 5.16.